The second-order valence-electron chi connectivity index (χ2n) is 6.94. The number of imidazole rings is 1. The van der Waals surface area contributed by atoms with Crippen LogP contribution in [0.5, 0.6) is 0 Å². The Morgan fingerprint density at radius 2 is 2.07 bits per heavy atom. The van der Waals surface area contributed by atoms with Gasteiger partial charge in [-0.15, -0.1) is 0 Å². The molecule has 0 radical (unpaired) electrons. The molecule has 6 nitrogen and oxygen atoms in total. The number of carbonyl (C=O) groups is 1. The first-order valence-electron chi connectivity index (χ1n) is 9.11. The Bertz CT molecular complexity index is 965. The number of rotatable bonds is 5. The van der Waals surface area contributed by atoms with Gasteiger partial charge in [-0.3, -0.25) is 9.69 Å². The van der Waals surface area contributed by atoms with Gasteiger partial charge in [0.15, 0.2) is 0 Å². The lowest BCUT2D eigenvalue weighted by Crippen LogP contribution is -2.49. The first-order chi connectivity index (χ1) is 13.9. The van der Waals surface area contributed by atoms with E-state index in [9.17, 15) is 18.0 Å². The predicted molar refractivity (Wildman–Crippen MR) is 97.3 cm³/mol. The maximum atomic E-state index is 12.8. The third kappa shape index (κ3) is 4.34. The molecule has 4 rings (SSSR count). The van der Waals surface area contributed by atoms with Crippen LogP contribution in [0.2, 0.25) is 0 Å². The number of fused-ring (bicyclic) bond motifs is 1. The minimum absolute atomic E-state index is 0.179. The first kappa shape index (κ1) is 19.3. The molecule has 0 saturated carbocycles. The van der Waals surface area contributed by atoms with Crippen molar-refractivity contribution in [1.82, 2.24) is 20.2 Å². The number of amides is 1. The third-order valence-electron chi connectivity index (χ3n) is 4.98. The molecule has 0 fully saturated rings. The van der Waals surface area contributed by atoms with Crippen LogP contribution in [0.1, 0.15) is 28.3 Å². The van der Waals surface area contributed by atoms with Gasteiger partial charge in [0.05, 0.1) is 42.1 Å². The molecule has 1 aromatic carbocycles. The minimum atomic E-state index is -4.37. The van der Waals surface area contributed by atoms with E-state index >= 15 is 0 Å². The average molecular weight is 404 g/mol. The Labute approximate surface area is 164 Å². The Morgan fingerprint density at radius 3 is 2.76 bits per heavy atom. The van der Waals surface area contributed by atoms with Crippen molar-refractivity contribution in [3.63, 3.8) is 0 Å². The van der Waals surface area contributed by atoms with Gasteiger partial charge in [-0.1, -0.05) is 12.1 Å². The van der Waals surface area contributed by atoms with Crippen molar-refractivity contribution in [1.29, 1.82) is 0 Å². The number of carbonyl (C=O) groups excluding carboxylic acids is 1. The number of aromatic amines is 1. The summed E-state index contributed by atoms with van der Waals surface area (Å²) in [4.78, 5) is 22.1. The Kier molecular flexibility index (Phi) is 5.14. The molecule has 29 heavy (non-hydrogen) atoms. The van der Waals surface area contributed by atoms with Crippen LogP contribution in [-0.2, 0) is 37.0 Å². The number of aromatic nitrogens is 2. The molecule has 0 saturated heterocycles. The summed E-state index contributed by atoms with van der Waals surface area (Å²) in [6.45, 7) is 1.06. The predicted octanol–water partition coefficient (Wildman–Crippen LogP) is 3.26. The summed E-state index contributed by atoms with van der Waals surface area (Å²) in [5.41, 5.74) is 1.74. The molecular formula is C20H19F3N4O2. The Hall–Kier alpha value is -3.07. The standard InChI is InChI=1S/C20H19F3N4O2/c21-20(22,23)14-5-3-13(4-6-14)10-27-11-17-16(25-12-26-17)8-18(27)19(28)24-9-15-2-1-7-29-15/h1-7,12,18H,8-11H2,(H,24,28)(H,25,26). The molecule has 1 aliphatic heterocycles. The van der Waals surface area contributed by atoms with Crippen LogP contribution < -0.4 is 5.32 Å². The summed E-state index contributed by atoms with van der Waals surface area (Å²) in [6, 6.07) is 8.05. The highest BCUT2D eigenvalue weighted by molar-refractivity contribution is 5.82. The molecule has 9 heteroatoms. The number of halogens is 3. The number of furan rings is 1. The SMILES string of the molecule is O=C(NCc1ccco1)C1Cc2nc[nH]c2CN1Cc1ccc(C(F)(F)F)cc1. The topological polar surface area (TPSA) is 74.2 Å². The van der Waals surface area contributed by atoms with Crippen LogP contribution in [0.25, 0.3) is 0 Å². The van der Waals surface area contributed by atoms with Gasteiger partial charge >= 0.3 is 6.18 Å². The normalized spacial score (nSPS) is 17.1. The third-order valence-corrected chi connectivity index (χ3v) is 4.98. The molecule has 2 N–H and O–H groups in total. The lowest BCUT2D eigenvalue weighted by atomic mass is 10.0. The molecule has 0 aliphatic carbocycles. The van der Waals surface area contributed by atoms with Crippen LogP contribution in [0.4, 0.5) is 13.2 Å². The van der Waals surface area contributed by atoms with E-state index in [0.717, 1.165) is 23.5 Å². The molecule has 3 aromatic rings. The van der Waals surface area contributed by atoms with E-state index in [2.05, 4.69) is 15.3 Å². The molecule has 1 amide bonds. The molecule has 2 aromatic heterocycles. The van der Waals surface area contributed by atoms with Gasteiger partial charge in [-0.2, -0.15) is 13.2 Å². The van der Waals surface area contributed by atoms with Crippen molar-refractivity contribution in [3.8, 4) is 0 Å². The maximum absolute atomic E-state index is 12.8. The van der Waals surface area contributed by atoms with Crippen molar-refractivity contribution in [2.45, 2.75) is 38.3 Å². The van der Waals surface area contributed by atoms with Gasteiger partial charge in [-0.25, -0.2) is 4.98 Å². The number of benzene rings is 1. The number of alkyl halides is 3. The molecule has 0 spiro atoms. The molecule has 1 unspecified atom stereocenters. The van der Waals surface area contributed by atoms with Crippen molar-refractivity contribution in [2.24, 2.45) is 0 Å². The highest BCUT2D eigenvalue weighted by Gasteiger charge is 2.33. The van der Waals surface area contributed by atoms with E-state index in [0.29, 0.717) is 30.8 Å². The van der Waals surface area contributed by atoms with Gasteiger partial charge in [-0.05, 0) is 29.8 Å². The van der Waals surface area contributed by atoms with Gasteiger partial charge < -0.3 is 14.7 Å². The van der Waals surface area contributed by atoms with Crippen LogP contribution in [-0.4, -0.2) is 26.8 Å². The van der Waals surface area contributed by atoms with Crippen LogP contribution in [0.3, 0.4) is 0 Å². The Morgan fingerprint density at radius 1 is 1.28 bits per heavy atom. The summed E-state index contributed by atoms with van der Waals surface area (Å²) in [5, 5.41) is 2.86. The fourth-order valence-corrected chi connectivity index (χ4v) is 3.45. The van der Waals surface area contributed by atoms with E-state index in [1.54, 1.807) is 18.5 Å². The number of hydrogen-bond donors (Lipinski definition) is 2. The number of H-pyrrole nitrogens is 1. The summed E-state index contributed by atoms with van der Waals surface area (Å²) < 4.78 is 43.6. The van der Waals surface area contributed by atoms with Crippen molar-refractivity contribution in [2.75, 3.05) is 0 Å². The van der Waals surface area contributed by atoms with Crippen LogP contribution in [0, 0.1) is 0 Å². The monoisotopic (exact) mass is 404 g/mol. The zero-order valence-electron chi connectivity index (χ0n) is 15.4. The second kappa shape index (κ2) is 7.75. The van der Waals surface area contributed by atoms with E-state index in [-0.39, 0.29) is 12.5 Å². The van der Waals surface area contributed by atoms with Gasteiger partial charge in [0.2, 0.25) is 5.91 Å². The fourth-order valence-electron chi connectivity index (χ4n) is 3.45. The first-order valence-corrected chi connectivity index (χ1v) is 9.11. The summed E-state index contributed by atoms with van der Waals surface area (Å²) >= 11 is 0. The van der Waals surface area contributed by atoms with E-state index in [4.69, 9.17) is 4.42 Å². The van der Waals surface area contributed by atoms with Crippen LogP contribution in [0.15, 0.2) is 53.4 Å². The lowest BCUT2D eigenvalue weighted by molar-refractivity contribution is -0.137. The van der Waals surface area contributed by atoms with Gasteiger partial charge in [0.25, 0.3) is 0 Å². The van der Waals surface area contributed by atoms with E-state index in [1.807, 2.05) is 4.90 Å². The number of nitrogens with one attached hydrogen (secondary N) is 2. The summed E-state index contributed by atoms with van der Waals surface area (Å²) in [7, 11) is 0. The van der Waals surface area contributed by atoms with Gasteiger partial charge in [0, 0.05) is 19.5 Å². The second-order valence-corrected chi connectivity index (χ2v) is 6.94. The minimum Gasteiger partial charge on any atom is -0.467 e. The molecule has 152 valence electrons. The molecular weight excluding hydrogens is 385 g/mol. The largest absolute Gasteiger partial charge is 0.467 e. The highest BCUT2D eigenvalue weighted by atomic mass is 19.4. The molecule has 0 bridgehead atoms. The summed E-state index contributed by atoms with van der Waals surface area (Å²) in [6.07, 6.45) is -0.828. The van der Waals surface area contributed by atoms with Crippen molar-refractivity contribution in [3.05, 3.63) is 77.3 Å². The summed E-state index contributed by atoms with van der Waals surface area (Å²) in [5.74, 6) is 0.464. The fraction of sp³-hybridized carbons (Fsp3) is 0.300. The van der Waals surface area contributed by atoms with Crippen molar-refractivity contribution >= 4 is 5.91 Å². The quantitative estimate of drug-likeness (QED) is 0.685. The number of hydrogen-bond acceptors (Lipinski definition) is 4. The van der Waals surface area contributed by atoms with E-state index < -0.39 is 17.8 Å². The molecule has 1 atom stereocenters. The van der Waals surface area contributed by atoms with Crippen LogP contribution >= 0.6 is 0 Å². The zero-order valence-corrected chi connectivity index (χ0v) is 15.4. The molecule has 3 heterocycles. The Balaban J connectivity index is 1.50. The van der Waals surface area contributed by atoms with Crippen molar-refractivity contribution < 1.29 is 22.4 Å². The highest BCUT2D eigenvalue weighted by Crippen LogP contribution is 2.30. The smallest absolute Gasteiger partial charge is 0.416 e. The lowest BCUT2D eigenvalue weighted by Gasteiger charge is -2.34. The average Bonchev–Trinajstić information content (AvgIpc) is 3.36. The van der Waals surface area contributed by atoms with E-state index in [1.165, 1.54) is 18.4 Å². The maximum Gasteiger partial charge on any atom is 0.416 e. The van der Waals surface area contributed by atoms with Gasteiger partial charge in [0.1, 0.15) is 5.76 Å². The molecule has 1 aliphatic rings. The number of nitrogens with zero attached hydrogens (tertiary/aromatic N) is 2. The zero-order chi connectivity index (χ0) is 20.4.